The van der Waals surface area contributed by atoms with E-state index < -0.39 is 0 Å². The molecule has 2 aromatic rings. The summed E-state index contributed by atoms with van der Waals surface area (Å²) in [5, 5.41) is 10.4. The number of nitrogens with zero attached hydrogens (tertiary/aromatic N) is 7. The number of pyridine rings is 1. The Morgan fingerprint density at radius 3 is 2.51 bits per heavy atom. The van der Waals surface area contributed by atoms with Gasteiger partial charge in [-0.15, -0.1) is 0 Å². The highest BCUT2D eigenvalue weighted by atomic mass is 16.2. The molecule has 3 aliphatic rings. The van der Waals surface area contributed by atoms with E-state index in [9.17, 15) is 10.1 Å². The number of hydrogen-bond acceptors (Lipinski definition) is 7. The zero-order chi connectivity index (χ0) is 25.9. The lowest BCUT2D eigenvalue weighted by Crippen LogP contribution is -2.54. The Labute approximate surface area is 220 Å². The topological polar surface area (TPSA) is 70.0 Å². The second kappa shape index (κ2) is 10.9. The van der Waals surface area contributed by atoms with E-state index >= 15 is 0 Å². The first-order valence-electron chi connectivity index (χ1n) is 13.3. The molecule has 37 heavy (non-hydrogen) atoms. The molecule has 194 valence electrons. The Morgan fingerprint density at radius 1 is 1.08 bits per heavy atom. The Balaban J connectivity index is 1.52. The fourth-order valence-corrected chi connectivity index (χ4v) is 5.83. The molecule has 0 radical (unpaired) electrons. The van der Waals surface area contributed by atoms with E-state index in [0.717, 1.165) is 81.5 Å². The fraction of sp³-hybridized carbons (Fsp3) is 0.483. The van der Waals surface area contributed by atoms with Crippen LogP contribution in [-0.4, -0.2) is 91.0 Å². The SMILES string of the molecule is C=CC(=O)N1CCN(c2nc(N3CCN(C)CC3)c(C#N)c3c2CCN(Cc2ccccc2)C3)[C@@H](C)C1. The lowest BCUT2D eigenvalue weighted by atomic mass is 9.94. The third-order valence-electron chi connectivity index (χ3n) is 7.98. The van der Waals surface area contributed by atoms with Crippen molar-refractivity contribution >= 4 is 17.5 Å². The fourth-order valence-electron chi connectivity index (χ4n) is 5.83. The van der Waals surface area contributed by atoms with E-state index in [4.69, 9.17) is 4.98 Å². The van der Waals surface area contributed by atoms with Crippen molar-refractivity contribution in [3.8, 4) is 6.07 Å². The maximum atomic E-state index is 12.3. The third kappa shape index (κ3) is 5.20. The highest BCUT2D eigenvalue weighted by Gasteiger charge is 2.34. The van der Waals surface area contributed by atoms with Gasteiger partial charge in [0.15, 0.2) is 0 Å². The van der Waals surface area contributed by atoms with Gasteiger partial charge in [0, 0.05) is 77.1 Å². The molecule has 8 nitrogen and oxygen atoms in total. The van der Waals surface area contributed by atoms with Gasteiger partial charge in [-0.05, 0) is 37.6 Å². The second-order valence-corrected chi connectivity index (χ2v) is 10.5. The Morgan fingerprint density at radius 2 is 1.84 bits per heavy atom. The number of carbonyl (C=O) groups is 1. The van der Waals surface area contributed by atoms with Crippen LogP contribution < -0.4 is 9.80 Å². The minimum atomic E-state index is -0.0176. The lowest BCUT2D eigenvalue weighted by molar-refractivity contribution is -0.126. The summed E-state index contributed by atoms with van der Waals surface area (Å²) in [6, 6.07) is 13.2. The summed E-state index contributed by atoms with van der Waals surface area (Å²) in [4.78, 5) is 28.8. The molecule has 2 saturated heterocycles. The number of amides is 1. The first-order chi connectivity index (χ1) is 18.0. The molecule has 0 saturated carbocycles. The summed E-state index contributed by atoms with van der Waals surface area (Å²) in [6.45, 7) is 14.0. The van der Waals surface area contributed by atoms with E-state index in [2.05, 4.69) is 70.5 Å². The van der Waals surface area contributed by atoms with Gasteiger partial charge in [0.25, 0.3) is 0 Å². The van der Waals surface area contributed by atoms with E-state index in [-0.39, 0.29) is 11.9 Å². The smallest absolute Gasteiger partial charge is 0.246 e. The quantitative estimate of drug-likeness (QED) is 0.586. The number of fused-ring (bicyclic) bond motifs is 1. The first-order valence-corrected chi connectivity index (χ1v) is 13.3. The molecule has 0 bridgehead atoms. The van der Waals surface area contributed by atoms with Crippen LogP contribution in [0.4, 0.5) is 11.6 Å². The summed E-state index contributed by atoms with van der Waals surface area (Å²) < 4.78 is 0. The Kier molecular flexibility index (Phi) is 7.45. The van der Waals surface area contributed by atoms with Gasteiger partial charge in [-0.25, -0.2) is 4.98 Å². The molecular formula is C29H37N7O. The standard InChI is InChI=1S/C29H37N7O/c1-4-27(37)35-16-17-36(22(2)19-35)29-24-10-11-33(20-23-8-6-5-7-9-23)21-26(24)25(18-30)28(31-29)34-14-12-32(3)13-15-34/h4-9,22H,1,10-17,19-21H2,2-3H3/t22-/m0/s1. The number of hydrogen-bond donors (Lipinski definition) is 0. The van der Waals surface area contributed by atoms with Crippen LogP contribution in [0.2, 0.25) is 0 Å². The molecule has 0 unspecified atom stereocenters. The predicted octanol–water partition coefficient (Wildman–Crippen LogP) is 2.49. The molecule has 0 N–H and O–H groups in total. The van der Waals surface area contributed by atoms with Crippen LogP contribution in [-0.2, 0) is 24.3 Å². The number of carbonyl (C=O) groups excluding carboxylic acids is 1. The minimum Gasteiger partial charge on any atom is -0.353 e. The normalized spacial score (nSPS) is 20.9. The monoisotopic (exact) mass is 499 g/mol. The molecule has 5 rings (SSSR count). The minimum absolute atomic E-state index is 0.0176. The molecule has 1 aromatic carbocycles. The zero-order valence-electron chi connectivity index (χ0n) is 22.1. The van der Waals surface area contributed by atoms with Crippen molar-refractivity contribution in [2.45, 2.75) is 32.5 Å². The first kappa shape index (κ1) is 25.2. The van der Waals surface area contributed by atoms with Gasteiger partial charge in [-0.1, -0.05) is 36.9 Å². The summed E-state index contributed by atoms with van der Waals surface area (Å²) in [5.41, 5.74) is 4.35. The molecule has 3 aliphatic heterocycles. The van der Waals surface area contributed by atoms with Crippen LogP contribution in [0, 0.1) is 11.3 Å². The van der Waals surface area contributed by atoms with Gasteiger partial charge >= 0.3 is 0 Å². The molecule has 1 atom stereocenters. The molecular weight excluding hydrogens is 462 g/mol. The van der Waals surface area contributed by atoms with Crippen molar-refractivity contribution in [2.75, 3.05) is 69.2 Å². The van der Waals surface area contributed by atoms with Crippen molar-refractivity contribution < 1.29 is 4.79 Å². The Bertz CT molecular complexity index is 1180. The summed E-state index contributed by atoms with van der Waals surface area (Å²) in [6.07, 6.45) is 2.26. The molecule has 8 heteroatoms. The predicted molar refractivity (Wildman–Crippen MR) is 147 cm³/mol. The number of piperazine rings is 2. The number of benzene rings is 1. The van der Waals surface area contributed by atoms with E-state index in [1.54, 1.807) is 0 Å². The van der Waals surface area contributed by atoms with Gasteiger partial charge in [0.1, 0.15) is 17.7 Å². The maximum Gasteiger partial charge on any atom is 0.246 e. The average molecular weight is 500 g/mol. The second-order valence-electron chi connectivity index (χ2n) is 10.5. The maximum absolute atomic E-state index is 12.3. The van der Waals surface area contributed by atoms with Crippen molar-refractivity contribution in [1.29, 1.82) is 5.26 Å². The van der Waals surface area contributed by atoms with E-state index in [1.807, 2.05) is 11.0 Å². The van der Waals surface area contributed by atoms with Crippen molar-refractivity contribution in [3.05, 3.63) is 65.2 Å². The summed E-state index contributed by atoms with van der Waals surface area (Å²) in [5.74, 6) is 1.80. The van der Waals surface area contributed by atoms with Crippen molar-refractivity contribution in [3.63, 3.8) is 0 Å². The van der Waals surface area contributed by atoms with Crippen LogP contribution in [0.25, 0.3) is 0 Å². The number of likely N-dealkylation sites (N-methyl/N-ethyl adjacent to an activating group) is 1. The number of aromatic nitrogens is 1. The highest BCUT2D eigenvalue weighted by molar-refractivity contribution is 5.87. The van der Waals surface area contributed by atoms with Gasteiger partial charge in [0.05, 0.1) is 5.56 Å². The molecule has 4 heterocycles. The van der Waals surface area contributed by atoms with Crippen molar-refractivity contribution in [2.24, 2.45) is 0 Å². The van der Waals surface area contributed by atoms with E-state index in [1.165, 1.54) is 17.2 Å². The molecule has 1 amide bonds. The van der Waals surface area contributed by atoms with Crippen LogP contribution >= 0.6 is 0 Å². The molecule has 2 fully saturated rings. The van der Waals surface area contributed by atoms with Crippen molar-refractivity contribution in [1.82, 2.24) is 19.7 Å². The number of rotatable bonds is 5. The molecule has 0 spiro atoms. The highest BCUT2D eigenvalue weighted by Crippen LogP contribution is 2.37. The largest absolute Gasteiger partial charge is 0.353 e. The number of anilines is 2. The zero-order valence-corrected chi connectivity index (χ0v) is 22.1. The molecule has 0 aliphatic carbocycles. The molecule has 1 aromatic heterocycles. The van der Waals surface area contributed by atoms with Crippen LogP contribution in [0.5, 0.6) is 0 Å². The van der Waals surface area contributed by atoms with Crippen LogP contribution in [0.15, 0.2) is 43.0 Å². The van der Waals surface area contributed by atoms with Gasteiger partial charge < -0.3 is 19.6 Å². The Hall–Kier alpha value is -3.41. The number of nitriles is 1. The van der Waals surface area contributed by atoms with Crippen LogP contribution in [0.3, 0.4) is 0 Å². The van der Waals surface area contributed by atoms with Crippen LogP contribution in [0.1, 0.15) is 29.2 Å². The summed E-state index contributed by atoms with van der Waals surface area (Å²) >= 11 is 0. The average Bonchev–Trinajstić information content (AvgIpc) is 2.92. The van der Waals surface area contributed by atoms with Gasteiger partial charge in [0.2, 0.25) is 5.91 Å². The van der Waals surface area contributed by atoms with Gasteiger partial charge in [-0.3, -0.25) is 9.69 Å². The summed E-state index contributed by atoms with van der Waals surface area (Å²) in [7, 11) is 2.14. The lowest BCUT2D eigenvalue weighted by Gasteiger charge is -2.43. The third-order valence-corrected chi connectivity index (χ3v) is 7.98. The van der Waals surface area contributed by atoms with E-state index in [0.29, 0.717) is 13.1 Å². The van der Waals surface area contributed by atoms with Gasteiger partial charge in [-0.2, -0.15) is 5.26 Å².